The SMILES string of the molecule is [Pt].[c-]1c(Oc2[c-]c3c(cc2)c2ccccc2n3-c2ccccn2)cccc1-n1[c-][n+](-c2c(O[Si](c3ccccc3)(c3ccccc3)c3ccccc3)cccc2O[Si](c2ccccc2)(c2ccccc2)c2ccccc2)c2ccccc21. The summed E-state index contributed by atoms with van der Waals surface area (Å²) in [5.74, 6) is 3.13. The molecule has 0 amide bonds. The zero-order valence-corrected chi connectivity index (χ0v) is 48.5. The maximum absolute atomic E-state index is 8.14. The maximum Gasteiger partial charge on any atom is 0.346 e. The van der Waals surface area contributed by atoms with E-state index in [9.17, 15) is 0 Å². The number of fused-ring (bicyclic) bond motifs is 4. The Morgan fingerprint density at radius 2 is 0.829 bits per heavy atom. The minimum absolute atomic E-state index is 0. The molecule has 0 radical (unpaired) electrons. The van der Waals surface area contributed by atoms with Crippen LogP contribution < -0.4 is 49.3 Å². The predicted octanol–water partition coefficient (Wildman–Crippen LogP) is 11.7. The van der Waals surface area contributed by atoms with Crippen LogP contribution in [0.25, 0.3) is 50.0 Å². The molecule has 3 heterocycles. The molecule has 82 heavy (non-hydrogen) atoms. The molecule has 0 saturated heterocycles. The van der Waals surface area contributed by atoms with Gasteiger partial charge >= 0.3 is 16.6 Å². The van der Waals surface area contributed by atoms with Crippen LogP contribution in [0.4, 0.5) is 0 Å². The third kappa shape index (κ3) is 9.24. The number of nitrogens with zero attached hydrogens (tertiary/aromatic N) is 4. The average molecular weight is 1270 g/mol. The largest absolute Gasteiger partial charge is 0.533 e. The van der Waals surface area contributed by atoms with Crippen LogP contribution in [0.3, 0.4) is 0 Å². The average Bonchev–Trinajstić information content (AvgIpc) is 3.07. The van der Waals surface area contributed by atoms with Crippen LogP contribution in [-0.2, 0) is 21.1 Å². The Morgan fingerprint density at radius 1 is 0.378 bits per heavy atom. The molecule has 0 atom stereocenters. The first kappa shape index (κ1) is 51.8. The molecule has 11 aromatic carbocycles. The number of aromatic nitrogens is 4. The van der Waals surface area contributed by atoms with Crippen LogP contribution in [-0.4, -0.2) is 30.8 Å². The minimum atomic E-state index is -3.43. The number of hydrogen-bond acceptors (Lipinski definition) is 4. The fourth-order valence-electron chi connectivity index (χ4n) is 11.4. The van der Waals surface area contributed by atoms with Crippen molar-refractivity contribution in [1.82, 2.24) is 14.1 Å². The van der Waals surface area contributed by atoms with Crippen molar-refractivity contribution < 1.29 is 39.2 Å². The van der Waals surface area contributed by atoms with Crippen molar-refractivity contribution in [3.8, 4) is 40.2 Å². The van der Waals surface area contributed by atoms with E-state index in [0.29, 0.717) is 28.7 Å². The summed E-state index contributed by atoms with van der Waals surface area (Å²) in [4.78, 5) is 4.73. The molecule has 0 saturated carbocycles. The Labute approximate surface area is 492 Å². The summed E-state index contributed by atoms with van der Waals surface area (Å²) in [6.07, 6.45) is 5.68. The fraction of sp³-hybridized carbons (Fsp3) is 0. The van der Waals surface area contributed by atoms with Gasteiger partial charge in [-0.1, -0.05) is 242 Å². The van der Waals surface area contributed by atoms with Gasteiger partial charge in [-0.2, -0.15) is 18.2 Å². The Balaban J connectivity index is 0.00000631. The van der Waals surface area contributed by atoms with E-state index < -0.39 is 16.6 Å². The van der Waals surface area contributed by atoms with E-state index in [1.165, 1.54) is 0 Å². The van der Waals surface area contributed by atoms with E-state index in [1.807, 2.05) is 59.3 Å². The number of hydrogen-bond donors (Lipinski definition) is 0. The van der Waals surface area contributed by atoms with Crippen molar-refractivity contribution in [2.24, 2.45) is 0 Å². The molecule has 0 unspecified atom stereocenters. The smallest absolute Gasteiger partial charge is 0.346 e. The number of para-hydroxylation sites is 4. The molecule has 396 valence electrons. The second kappa shape index (κ2) is 22.5. The fourth-order valence-corrected chi connectivity index (χ4v) is 19.1. The Bertz CT molecular complexity index is 4160. The normalized spacial score (nSPS) is 11.6. The molecule has 0 bridgehead atoms. The monoisotopic (exact) mass is 1270 g/mol. The summed E-state index contributed by atoms with van der Waals surface area (Å²) < 4.78 is 29.3. The number of pyridine rings is 1. The van der Waals surface area contributed by atoms with Crippen LogP contribution in [0.2, 0.25) is 0 Å². The molecule has 0 aliphatic carbocycles. The van der Waals surface area contributed by atoms with Gasteiger partial charge in [0, 0.05) is 44.3 Å². The van der Waals surface area contributed by atoms with Gasteiger partial charge in [-0.25, -0.2) is 4.98 Å². The Hall–Kier alpha value is -9.64. The molecule has 0 spiro atoms. The van der Waals surface area contributed by atoms with Crippen molar-refractivity contribution in [3.05, 3.63) is 322 Å². The number of imidazole rings is 1. The first-order valence-corrected chi connectivity index (χ1v) is 30.8. The molecule has 0 aliphatic rings. The van der Waals surface area contributed by atoms with Gasteiger partial charge in [-0.3, -0.25) is 4.57 Å². The summed E-state index contributed by atoms with van der Waals surface area (Å²) in [5, 5.41) is 8.74. The second-order valence-corrected chi connectivity index (χ2v) is 26.3. The molecule has 7 nitrogen and oxygen atoms in total. The van der Waals surface area contributed by atoms with E-state index in [-0.39, 0.29) is 21.1 Å². The van der Waals surface area contributed by atoms with Crippen LogP contribution in [0.1, 0.15) is 0 Å². The molecular formula is C72H50N4O3PtSi2-2. The quantitative estimate of drug-likeness (QED) is 0.0444. The van der Waals surface area contributed by atoms with Crippen LogP contribution in [0, 0.1) is 18.5 Å². The van der Waals surface area contributed by atoms with Gasteiger partial charge in [0.15, 0.2) is 0 Å². The molecule has 3 aromatic heterocycles. The predicted molar refractivity (Wildman–Crippen MR) is 329 cm³/mol. The van der Waals surface area contributed by atoms with Gasteiger partial charge in [-0.15, -0.1) is 29.7 Å². The van der Waals surface area contributed by atoms with E-state index in [0.717, 1.165) is 75.5 Å². The zero-order chi connectivity index (χ0) is 54.0. The summed E-state index contributed by atoms with van der Waals surface area (Å²) >= 11 is 0. The molecule has 14 aromatic rings. The third-order valence-electron chi connectivity index (χ3n) is 15.0. The van der Waals surface area contributed by atoms with Gasteiger partial charge in [0.25, 0.3) is 6.33 Å². The van der Waals surface area contributed by atoms with Crippen molar-refractivity contribution in [2.75, 3.05) is 0 Å². The maximum atomic E-state index is 8.14. The van der Waals surface area contributed by atoms with Gasteiger partial charge in [0.05, 0.1) is 11.0 Å². The summed E-state index contributed by atoms with van der Waals surface area (Å²) in [5.41, 5.74) is 5.08. The van der Waals surface area contributed by atoms with Crippen molar-refractivity contribution in [3.63, 3.8) is 0 Å². The number of ether oxygens (including phenoxy) is 1. The van der Waals surface area contributed by atoms with Gasteiger partial charge in [0.2, 0.25) is 0 Å². The standard InChI is InChI=1S/C72H50N4O3Si2.Pt/c1-7-29-57(30-8-1)80(58-31-9-2-10-32-58,59-33-11-3-12-34-59)78-69-45-26-46-70(79-81(60-35-13-4-14-36-60,61-37-15-5-16-38-61)62-39-17-6-18-40-62)72(69)75-53-74(66-43-21-22-44-67(66)75)54-27-25-28-55(51-54)77-56-48-49-64-63-41-19-20-42-65(63)76(68(64)52-56)71-47-23-24-50-73-71;/h1-50H;/q-2;. The van der Waals surface area contributed by atoms with Crippen molar-refractivity contribution in [1.29, 1.82) is 0 Å². The molecule has 0 aliphatic heterocycles. The van der Waals surface area contributed by atoms with E-state index >= 15 is 0 Å². The van der Waals surface area contributed by atoms with Gasteiger partial charge in [0.1, 0.15) is 23.0 Å². The van der Waals surface area contributed by atoms with E-state index in [2.05, 4.69) is 276 Å². The third-order valence-corrected chi connectivity index (χ3v) is 22.9. The summed E-state index contributed by atoms with van der Waals surface area (Å²) in [6.45, 7) is 0. The van der Waals surface area contributed by atoms with Crippen LogP contribution in [0.5, 0.6) is 23.0 Å². The molecule has 0 N–H and O–H groups in total. The number of benzene rings is 11. The molecular weight excluding hydrogens is 1220 g/mol. The summed E-state index contributed by atoms with van der Waals surface area (Å²) in [7, 11) is -6.86. The second-order valence-electron chi connectivity index (χ2n) is 19.8. The molecule has 10 heteroatoms. The molecule has 0 fully saturated rings. The first-order valence-electron chi connectivity index (χ1n) is 27.0. The van der Waals surface area contributed by atoms with Gasteiger partial charge < -0.3 is 22.7 Å². The van der Waals surface area contributed by atoms with Crippen LogP contribution >= 0.6 is 0 Å². The zero-order valence-electron chi connectivity index (χ0n) is 44.2. The number of rotatable bonds is 15. The van der Waals surface area contributed by atoms with E-state index in [1.54, 1.807) is 0 Å². The van der Waals surface area contributed by atoms with E-state index in [4.69, 9.17) is 18.6 Å². The molecule has 14 rings (SSSR count). The van der Waals surface area contributed by atoms with Gasteiger partial charge in [-0.05, 0) is 72.5 Å². The van der Waals surface area contributed by atoms with Crippen molar-refractivity contribution in [2.45, 2.75) is 0 Å². The summed E-state index contributed by atoms with van der Waals surface area (Å²) in [6, 6.07) is 110. The topological polar surface area (TPSA) is 54.3 Å². The van der Waals surface area contributed by atoms with Crippen LogP contribution in [0.15, 0.2) is 303 Å². The first-order chi connectivity index (χ1) is 40.2. The Morgan fingerprint density at radius 3 is 1.34 bits per heavy atom. The Kier molecular flexibility index (Phi) is 14.2. The van der Waals surface area contributed by atoms with Crippen molar-refractivity contribution >= 4 is 80.6 Å². The minimum Gasteiger partial charge on any atom is -0.533 e.